The van der Waals surface area contributed by atoms with Gasteiger partial charge in [0.2, 0.25) is 5.91 Å². The molecule has 266 valence electrons. The molecule has 13 heteroatoms. The normalized spacial score (nSPS) is 11.1. The third kappa shape index (κ3) is 29.1. The van der Waals surface area contributed by atoms with Gasteiger partial charge in [-0.2, -0.15) is 0 Å². The summed E-state index contributed by atoms with van der Waals surface area (Å²) in [4.78, 5) is 22.6. The molecule has 0 aliphatic heterocycles. The molecule has 1 aromatic carbocycles. The number of esters is 1. The van der Waals surface area contributed by atoms with E-state index in [0.717, 1.165) is 31.4 Å². The molecular formula is C33H57NO12. The molecule has 1 rings (SSSR count). The number of nitrogens with one attached hydrogen (secondary N) is 1. The van der Waals surface area contributed by atoms with Crippen LogP contribution in [0, 0.1) is 0 Å². The highest BCUT2D eigenvalue weighted by atomic mass is 16.6. The number of benzene rings is 1. The number of amides is 1. The number of hydrogen-bond acceptors (Lipinski definition) is 12. The Morgan fingerprint density at radius 1 is 0.522 bits per heavy atom. The Hall–Kier alpha value is -2.36. The van der Waals surface area contributed by atoms with Crippen LogP contribution in [0.4, 0.5) is 5.69 Å². The summed E-state index contributed by atoms with van der Waals surface area (Å²) in [7, 11) is 0. The van der Waals surface area contributed by atoms with E-state index in [1.807, 2.05) is 0 Å². The van der Waals surface area contributed by atoms with Crippen molar-refractivity contribution >= 4 is 17.6 Å². The van der Waals surface area contributed by atoms with Crippen LogP contribution in [0.1, 0.15) is 46.0 Å². The van der Waals surface area contributed by atoms with Gasteiger partial charge in [0.1, 0.15) is 19.0 Å². The van der Waals surface area contributed by atoms with Crippen molar-refractivity contribution in [3.05, 3.63) is 24.3 Å². The molecule has 0 saturated heterocycles. The van der Waals surface area contributed by atoms with Crippen molar-refractivity contribution in [2.24, 2.45) is 0 Å². The molecule has 0 spiro atoms. The second-order valence-corrected chi connectivity index (χ2v) is 9.98. The average molecular weight is 660 g/mol. The maximum atomic E-state index is 11.5. The molecule has 0 bridgehead atoms. The second-order valence-electron chi connectivity index (χ2n) is 9.98. The Kier molecular flexibility index (Phi) is 29.5. The van der Waals surface area contributed by atoms with Crippen molar-refractivity contribution in [3.8, 4) is 5.75 Å². The van der Waals surface area contributed by atoms with Crippen molar-refractivity contribution in [2.45, 2.75) is 46.0 Å². The number of hydrogen-bond donors (Lipinski definition) is 1. The van der Waals surface area contributed by atoms with Crippen LogP contribution in [0.25, 0.3) is 0 Å². The van der Waals surface area contributed by atoms with Crippen molar-refractivity contribution < 1.29 is 57.0 Å². The standard InChI is InChI=1S/C33H57NO12/c1-3-4-5-6-7-33(36)46-29-27-44-25-23-42-21-19-40-17-15-38-13-12-37-14-16-39-18-20-41-22-24-43-26-28-45-32-10-8-31(9-11-32)34-30(2)35/h8-11H,3-7,12-29H2,1-2H3,(H,34,35). The summed E-state index contributed by atoms with van der Waals surface area (Å²) in [5, 5.41) is 2.71. The molecule has 0 atom stereocenters. The average Bonchev–Trinajstić information content (AvgIpc) is 3.05. The van der Waals surface area contributed by atoms with E-state index in [-0.39, 0.29) is 18.5 Å². The SMILES string of the molecule is CCCCCCC(=O)OCCOCCOCCOCCOCCOCCOCCOCCOCCOc1ccc(NC(C)=O)cc1. The van der Waals surface area contributed by atoms with Gasteiger partial charge in [0, 0.05) is 19.0 Å². The van der Waals surface area contributed by atoms with Crippen LogP contribution in [0.5, 0.6) is 5.75 Å². The van der Waals surface area contributed by atoms with Gasteiger partial charge in [0.15, 0.2) is 0 Å². The first-order chi connectivity index (χ1) is 22.6. The lowest BCUT2D eigenvalue weighted by Crippen LogP contribution is -2.15. The zero-order chi connectivity index (χ0) is 33.2. The number of carbonyl (C=O) groups excluding carboxylic acids is 2. The summed E-state index contributed by atoms with van der Waals surface area (Å²) in [6, 6.07) is 7.17. The van der Waals surface area contributed by atoms with Crippen LogP contribution in [-0.2, 0) is 52.2 Å². The second kappa shape index (κ2) is 32.6. The molecule has 1 N–H and O–H groups in total. The highest BCUT2D eigenvalue weighted by Crippen LogP contribution is 2.15. The molecule has 1 amide bonds. The van der Waals surface area contributed by atoms with E-state index in [1.165, 1.54) is 6.92 Å². The highest BCUT2D eigenvalue weighted by Gasteiger charge is 2.02. The van der Waals surface area contributed by atoms with E-state index in [2.05, 4.69) is 12.2 Å². The monoisotopic (exact) mass is 659 g/mol. The molecule has 0 unspecified atom stereocenters. The fraction of sp³-hybridized carbons (Fsp3) is 0.758. The summed E-state index contributed by atoms with van der Waals surface area (Å²) in [6.07, 6.45) is 4.75. The third-order valence-corrected chi connectivity index (χ3v) is 6.00. The number of rotatable bonds is 34. The van der Waals surface area contributed by atoms with Gasteiger partial charge in [-0.15, -0.1) is 0 Å². The summed E-state index contributed by atoms with van der Waals surface area (Å²) in [5.74, 6) is 0.450. The van der Waals surface area contributed by atoms with Crippen LogP contribution >= 0.6 is 0 Å². The maximum absolute atomic E-state index is 11.5. The fourth-order valence-corrected chi connectivity index (χ4v) is 3.68. The molecule has 0 aliphatic carbocycles. The number of carbonyl (C=O) groups is 2. The smallest absolute Gasteiger partial charge is 0.305 e. The minimum absolute atomic E-state index is 0.109. The van der Waals surface area contributed by atoms with Gasteiger partial charge in [-0.1, -0.05) is 26.2 Å². The molecule has 0 radical (unpaired) electrons. The van der Waals surface area contributed by atoms with E-state index in [4.69, 9.17) is 47.4 Å². The molecule has 0 aliphatic rings. The van der Waals surface area contributed by atoms with Crippen LogP contribution in [0.3, 0.4) is 0 Å². The molecule has 0 aromatic heterocycles. The largest absolute Gasteiger partial charge is 0.491 e. The summed E-state index contributed by atoms with van der Waals surface area (Å²) < 4.78 is 54.4. The van der Waals surface area contributed by atoms with E-state index < -0.39 is 0 Å². The minimum Gasteiger partial charge on any atom is -0.491 e. The zero-order valence-corrected chi connectivity index (χ0v) is 28.0. The van der Waals surface area contributed by atoms with Gasteiger partial charge in [0.25, 0.3) is 0 Å². The lowest BCUT2D eigenvalue weighted by molar-refractivity contribution is -0.145. The summed E-state index contributed by atoms with van der Waals surface area (Å²) >= 11 is 0. The third-order valence-electron chi connectivity index (χ3n) is 6.00. The van der Waals surface area contributed by atoms with Crippen molar-refractivity contribution in [3.63, 3.8) is 0 Å². The van der Waals surface area contributed by atoms with Gasteiger partial charge in [-0.25, -0.2) is 0 Å². The molecule has 0 heterocycles. The van der Waals surface area contributed by atoms with Crippen LogP contribution in [0.2, 0.25) is 0 Å². The topological polar surface area (TPSA) is 138 Å². The first kappa shape index (κ1) is 41.7. The van der Waals surface area contributed by atoms with Gasteiger partial charge < -0.3 is 52.7 Å². The van der Waals surface area contributed by atoms with E-state index in [0.29, 0.717) is 124 Å². The molecule has 1 aromatic rings. The van der Waals surface area contributed by atoms with Crippen molar-refractivity contribution in [1.82, 2.24) is 0 Å². The molecule has 46 heavy (non-hydrogen) atoms. The Morgan fingerprint density at radius 2 is 0.913 bits per heavy atom. The number of anilines is 1. The van der Waals surface area contributed by atoms with Crippen molar-refractivity contribution in [1.29, 1.82) is 0 Å². The Morgan fingerprint density at radius 3 is 1.30 bits per heavy atom. The predicted octanol–water partition coefficient (Wildman–Crippen LogP) is 3.67. The van der Waals surface area contributed by atoms with Gasteiger partial charge in [-0.05, 0) is 30.7 Å². The number of ether oxygens (including phenoxy) is 10. The van der Waals surface area contributed by atoms with E-state index in [9.17, 15) is 9.59 Å². The number of unbranched alkanes of at least 4 members (excludes halogenated alkanes) is 3. The lowest BCUT2D eigenvalue weighted by atomic mass is 10.2. The Bertz CT molecular complexity index is 827. The lowest BCUT2D eigenvalue weighted by Gasteiger charge is -2.09. The first-order valence-corrected chi connectivity index (χ1v) is 16.4. The Balaban J connectivity index is 1.68. The summed E-state index contributed by atoms with van der Waals surface area (Å²) in [5.41, 5.74) is 0.730. The van der Waals surface area contributed by atoms with Crippen LogP contribution in [-0.4, -0.2) is 131 Å². The van der Waals surface area contributed by atoms with Crippen molar-refractivity contribution in [2.75, 3.05) is 124 Å². The van der Waals surface area contributed by atoms with Crippen LogP contribution in [0.15, 0.2) is 24.3 Å². The highest BCUT2D eigenvalue weighted by molar-refractivity contribution is 5.88. The zero-order valence-electron chi connectivity index (χ0n) is 28.0. The summed E-state index contributed by atoms with van der Waals surface area (Å²) in [6.45, 7) is 11.9. The van der Waals surface area contributed by atoms with Gasteiger partial charge in [0.05, 0.1) is 106 Å². The molecule has 0 fully saturated rings. The molecule has 0 saturated carbocycles. The fourth-order valence-electron chi connectivity index (χ4n) is 3.68. The Labute approximate surface area is 274 Å². The molecular weight excluding hydrogens is 602 g/mol. The van der Waals surface area contributed by atoms with E-state index >= 15 is 0 Å². The van der Waals surface area contributed by atoms with E-state index in [1.54, 1.807) is 24.3 Å². The maximum Gasteiger partial charge on any atom is 0.305 e. The van der Waals surface area contributed by atoms with Gasteiger partial charge in [-0.3, -0.25) is 9.59 Å². The molecule has 13 nitrogen and oxygen atoms in total. The van der Waals surface area contributed by atoms with Gasteiger partial charge >= 0.3 is 5.97 Å². The van der Waals surface area contributed by atoms with Crippen LogP contribution < -0.4 is 10.1 Å². The first-order valence-electron chi connectivity index (χ1n) is 16.4. The minimum atomic E-state index is -0.155. The predicted molar refractivity (Wildman–Crippen MR) is 173 cm³/mol. The quantitative estimate of drug-likeness (QED) is 0.0854.